The maximum Gasteiger partial charge on any atom is 0.263 e. The van der Waals surface area contributed by atoms with Crippen molar-refractivity contribution >= 4 is 27.3 Å². The number of primary amides is 1. The van der Waals surface area contributed by atoms with Crippen molar-refractivity contribution in [3.05, 3.63) is 59.7 Å². The first-order valence-electron chi connectivity index (χ1n) is 8.62. The van der Waals surface area contributed by atoms with Crippen molar-refractivity contribution in [1.29, 1.82) is 0 Å². The fourth-order valence-corrected chi connectivity index (χ4v) is 4.04. The van der Waals surface area contributed by atoms with E-state index in [4.69, 9.17) is 10.5 Å². The second-order valence-electron chi connectivity index (χ2n) is 6.21. The number of nitrogens with two attached hydrogens (primary N) is 1. The predicted molar refractivity (Wildman–Crippen MR) is 106 cm³/mol. The Bertz CT molecular complexity index is 1020. The molecule has 1 aliphatic rings. The molecule has 0 radical (unpaired) electrons. The van der Waals surface area contributed by atoms with Gasteiger partial charge in [0.25, 0.3) is 15.9 Å². The third-order valence-electron chi connectivity index (χ3n) is 4.13. The first kappa shape index (κ1) is 19.7. The first-order chi connectivity index (χ1) is 13.4. The number of benzene rings is 2. The zero-order valence-corrected chi connectivity index (χ0v) is 15.8. The Hall–Kier alpha value is -3.04. The number of aromatic hydroxyl groups is 1. The topological polar surface area (TPSA) is 131 Å². The van der Waals surface area contributed by atoms with Crippen LogP contribution in [-0.4, -0.2) is 39.2 Å². The number of hydrogen-bond donors (Lipinski definition) is 4. The molecule has 1 aliphatic heterocycles. The number of carbonyl (C=O) groups is 1. The van der Waals surface area contributed by atoms with Crippen LogP contribution in [0.2, 0.25) is 0 Å². The van der Waals surface area contributed by atoms with Gasteiger partial charge in [-0.2, -0.15) is 0 Å². The van der Waals surface area contributed by atoms with Gasteiger partial charge in [-0.05, 0) is 30.2 Å². The van der Waals surface area contributed by atoms with E-state index in [9.17, 15) is 18.3 Å². The van der Waals surface area contributed by atoms with Crippen molar-refractivity contribution in [3.63, 3.8) is 0 Å². The summed E-state index contributed by atoms with van der Waals surface area (Å²) in [5, 5.41) is 13.0. The molecule has 8 nitrogen and oxygen atoms in total. The number of phenols is 1. The highest BCUT2D eigenvalue weighted by Crippen LogP contribution is 2.31. The van der Waals surface area contributed by atoms with Crippen LogP contribution >= 0.6 is 0 Å². The minimum absolute atomic E-state index is 0.139. The van der Waals surface area contributed by atoms with E-state index >= 15 is 0 Å². The van der Waals surface area contributed by atoms with Crippen molar-refractivity contribution < 1.29 is 23.1 Å². The third-order valence-corrected chi connectivity index (χ3v) is 5.55. The summed E-state index contributed by atoms with van der Waals surface area (Å²) in [7, 11) is -4.06. The van der Waals surface area contributed by atoms with E-state index in [1.165, 1.54) is 6.07 Å². The zero-order chi connectivity index (χ0) is 20.1. The van der Waals surface area contributed by atoms with E-state index in [1.807, 2.05) is 18.2 Å². The Balaban J connectivity index is 2.08. The molecule has 9 heteroatoms. The third kappa shape index (κ3) is 4.62. The molecule has 5 N–H and O–H groups in total. The van der Waals surface area contributed by atoms with Crippen LogP contribution in [0.1, 0.15) is 15.9 Å². The van der Waals surface area contributed by atoms with Gasteiger partial charge in [0.05, 0.1) is 24.5 Å². The summed E-state index contributed by atoms with van der Waals surface area (Å²) in [5.41, 5.74) is 6.42. The van der Waals surface area contributed by atoms with Gasteiger partial charge in [-0.25, -0.2) is 8.42 Å². The number of nitrogens with one attached hydrogen (secondary N) is 2. The van der Waals surface area contributed by atoms with Gasteiger partial charge in [-0.15, -0.1) is 0 Å². The molecule has 0 atom stereocenters. The van der Waals surface area contributed by atoms with E-state index in [0.717, 1.165) is 11.6 Å². The number of anilines is 2. The standard InChI is InChI=1S/C19H21N3O5S/c20-19(24)15-11-18-16(12-17(15)23)21-7-9-27-8-2-1-4-13-5-3-6-14(10-13)22-28(18,25)26/h1-3,5-6,10-12,21-23H,4,7-9H2,(H2,20,24)/b2-1-. The van der Waals surface area contributed by atoms with Crippen molar-refractivity contribution in [1.82, 2.24) is 0 Å². The van der Waals surface area contributed by atoms with E-state index in [0.29, 0.717) is 31.9 Å². The summed E-state index contributed by atoms with van der Waals surface area (Å²) in [4.78, 5) is 11.4. The zero-order valence-electron chi connectivity index (χ0n) is 15.0. The summed E-state index contributed by atoms with van der Waals surface area (Å²) in [6.45, 7) is 1.06. The lowest BCUT2D eigenvalue weighted by Crippen LogP contribution is -2.19. The van der Waals surface area contributed by atoms with E-state index in [1.54, 1.807) is 18.2 Å². The smallest absolute Gasteiger partial charge is 0.263 e. The highest BCUT2D eigenvalue weighted by Gasteiger charge is 2.23. The highest BCUT2D eigenvalue weighted by atomic mass is 32.2. The van der Waals surface area contributed by atoms with Crippen LogP contribution in [0.25, 0.3) is 0 Å². The average molecular weight is 403 g/mol. The van der Waals surface area contributed by atoms with Crippen LogP contribution in [0.4, 0.5) is 11.4 Å². The molecule has 1 heterocycles. The summed E-state index contributed by atoms with van der Waals surface area (Å²) >= 11 is 0. The number of fused-ring (bicyclic) bond motifs is 3. The van der Waals surface area contributed by atoms with Gasteiger partial charge in [-0.3, -0.25) is 9.52 Å². The highest BCUT2D eigenvalue weighted by molar-refractivity contribution is 7.92. The van der Waals surface area contributed by atoms with E-state index < -0.39 is 21.7 Å². The quantitative estimate of drug-likeness (QED) is 0.538. The van der Waals surface area contributed by atoms with Gasteiger partial charge in [0.15, 0.2) is 0 Å². The van der Waals surface area contributed by atoms with Crippen molar-refractivity contribution in [2.75, 3.05) is 29.8 Å². The second kappa shape index (κ2) is 8.32. The van der Waals surface area contributed by atoms with E-state index in [-0.39, 0.29) is 16.1 Å². The summed E-state index contributed by atoms with van der Waals surface area (Å²) in [6, 6.07) is 9.23. The molecule has 2 aromatic carbocycles. The molecule has 0 spiro atoms. The lowest BCUT2D eigenvalue weighted by Gasteiger charge is -2.16. The molecule has 0 saturated carbocycles. The minimum Gasteiger partial charge on any atom is -0.507 e. The Labute approximate surface area is 163 Å². The molecule has 0 unspecified atom stereocenters. The minimum atomic E-state index is -4.06. The van der Waals surface area contributed by atoms with Gasteiger partial charge in [-0.1, -0.05) is 24.3 Å². The summed E-state index contributed by atoms with van der Waals surface area (Å²) in [6.07, 6.45) is 4.48. The molecule has 2 bridgehead atoms. The van der Waals surface area contributed by atoms with Crippen molar-refractivity contribution in [2.24, 2.45) is 5.73 Å². The number of ether oxygens (including phenoxy) is 1. The molecular formula is C19H21N3O5S. The molecule has 2 aromatic rings. The number of allylic oxidation sites excluding steroid dienone is 1. The monoisotopic (exact) mass is 403 g/mol. The SMILES string of the molecule is NC(=O)c1cc2c(cc1O)NCCOC/C=C\Cc1cccc(c1)NS2(=O)=O. The van der Waals surface area contributed by atoms with Crippen LogP contribution in [0.15, 0.2) is 53.4 Å². The molecule has 148 valence electrons. The molecule has 0 aliphatic carbocycles. The van der Waals surface area contributed by atoms with Gasteiger partial charge in [0.1, 0.15) is 10.6 Å². The summed E-state index contributed by atoms with van der Waals surface area (Å²) < 4.78 is 34.0. The largest absolute Gasteiger partial charge is 0.507 e. The Morgan fingerprint density at radius 3 is 2.79 bits per heavy atom. The van der Waals surface area contributed by atoms with Gasteiger partial charge in [0, 0.05) is 18.3 Å². The molecule has 3 rings (SSSR count). The van der Waals surface area contributed by atoms with Crippen LogP contribution in [0.3, 0.4) is 0 Å². The molecular weight excluding hydrogens is 382 g/mol. The number of carbonyl (C=O) groups excluding carboxylic acids is 1. The predicted octanol–water partition coefficient (Wildman–Crippen LogP) is 1.83. The number of amides is 1. The fourth-order valence-electron chi connectivity index (χ4n) is 2.79. The number of rotatable bonds is 1. The number of hydrogen-bond acceptors (Lipinski definition) is 6. The van der Waals surface area contributed by atoms with Crippen molar-refractivity contribution in [3.8, 4) is 5.75 Å². The molecule has 0 saturated heterocycles. The maximum atomic E-state index is 13.0. The second-order valence-corrected chi connectivity index (χ2v) is 7.86. The summed E-state index contributed by atoms with van der Waals surface area (Å²) in [5.74, 6) is -1.33. The molecule has 0 aromatic heterocycles. The lowest BCUT2D eigenvalue weighted by molar-refractivity contribution is 0.0997. The Morgan fingerprint density at radius 2 is 2.00 bits per heavy atom. The maximum absolute atomic E-state index is 13.0. The molecule has 28 heavy (non-hydrogen) atoms. The van der Waals surface area contributed by atoms with Gasteiger partial charge < -0.3 is 20.9 Å². The van der Waals surface area contributed by atoms with Crippen LogP contribution in [-0.2, 0) is 21.2 Å². The van der Waals surface area contributed by atoms with Crippen LogP contribution in [0.5, 0.6) is 5.75 Å². The Kier molecular flexibility index (Phi) is 5.86. The van der Waals surface area contributed by atoms with E-state index in [2.05, 4.69) is 10.0 Å². The van der Waals surface area contributed by atoms with Gasteiger partial charge >= 0.3 is 0 Å². The average Bonchev–Trinajstić information content (AvgIpc) is 2.63. The molecule has 0 fully saturated rings. The lowest BCUT2D eigenvalue weighted by atomic mass is 10.1. The first-order valence-corrected chi connectivity index (χ1v) is 10.1. The fraction of sp³-hybridized carbons (Fsp3) is 0.211. The number of sulfonamides is 1. The molecule has 1 amide bonds. The van der Waals surface area contributed by atoms with Crippen LogP contribution in [0, 0.1) is 0 Å². The van der Waals surface area contributed by atoms with Crippen molar-refractivity contribution in [2.45, 2.75) is 11.3 Å². The van der Waals surface area contributed by atoms with Gasteiger partial charge in [0.2, 0.25) is 0 Å². The Morgan fingerprint density at radius 1 is 1.18 bits per heavy atom. The van der Waals surface area contributed by atoms with Crippen LogP contribution < -0.4 is 15.8 Å². The normalized spacial score (nSPS) is 17.7.